The quantitative estimate of drug-likeness (QED) is 0.877. The molecule has 0 unspecified atom stereocenters. The predicted molar refractivity (Wildman–Crippen MR) is 80.6 cm³/mol. The van der Waals surface area contributed by atoms with Crippen LogP contribution >= 0.6 is 0 Å². The monoisotopic (exact) mass is 311 g/mol. The number of amides is 1. The molecular formula is C16H23F2N3O. The van der Waals surface area contributed by atoms with Crippen LogP contribution in [-0.2, 0) is 11.3 Å². The molecule has 1 aliphatic heterocycles. The van der Waals surface area contributed by atoms with Crippen molar-refractivity contribution in [1.82, 2.24) is 15.2 Å². The smallest absolute Gasteiger partial charge is 0.324 e. The number of aromatic nitrogens is 1. The zero-order valence-corrected chi connectivity index (χ0v) is 13.1. The molecule has 0 aliphatic carbocycles. The summed E-state index contributed by atoms with van der Waals surface area (Å²) in [5.74, 6) is -4.20. The van der Waals surface area contributed by atoms with E-state index in [1.807, 2.05) is 25.1 Å². The number of rotatable bonds is 6. The van der Waals surface area contributed by atoms with Crippen molar-refractivity contribution < 1.29 is 13.6 Å². The fourth-order valence-corrected chi connectivity index (χ4v) is 2.67. The van der Waals surface area contributed by atoms with Gasteiger partial charge in [0, 0.05) is 31.7 Å². The third kappa shape index (κ3) is 4.47. The summed E-state index contributed by atoms with van der Waals surface area (Å²) in [6, 6.07) is 5.93. The highest BCUT2D eigenvalue weighted by atomic mass is 19.3. The van der Waals surface area contributed by atoms with Crippen molar-refractivity contribution in [2.75, 3.05) is 19.6 Å². The molecule has 1 saturated heterocycles. The molecule has 0 spiro atoms. The third-order valence-electron chi connectivity index (χ3n) is 4.03. The number of carbonyl (C=O) groups excluding carboxylic acids is 1. The van der Waals surface area contributed by atoms with Crippen molar-refractivity contribution in [2.45, 2.75) is 39.2 Å². The number of halogens is 2. The summed E-state index contributed by atoms with van der Waals surface area (Å²) in [6.45, 7) is 6.04. The van der Waals surface area contributed by atoms with Gasteiger partial charge < -0.3 is 5.32 Å². The van der Waals surface area contributed by atoms with Crippen molar-refractivity contribution in [3.05, 3.63) is 29.6 Å². The number of aryl methyl sites for hydroxylation is 1. The molecule has 0 radical (unpaired) electrons. The average Bonchev–Trinajstić information content (AvgIpc) is 2.92. The highest BCUT2D eigenvalue weighted by Crippen LogP contribution is 2.20. The molecule has 1 aliphatic rings. The van der Waals surface area contributed by atoms with Crippen LogP contribution < -0.4 is 5.32 Å². The summed E-state index contributed by atoms with van der Waals surface area (Å²) in [5, 5.41) is 2.38. The normalized spacial score (nSPS) is 19.4. The van der Waals surface area contributed by atoms with E-state index in [0.717, 1.165) is 37.4 Å². The number of hydrogen-bond acceptors (Lipinski definition) is 3. The minimum Gasteiger partial charge on any atom is -0.351 e. The lowest BCUT2D eigenvalue weighted by molar-refractivity contribution is -0.146. The molecule has 1 fully saturated rings. The van der Waals surface area contributed by atoms with E-state index in [1.165, 1.54) is 6.92 Å². The lowest BCUT2D eigenvalue weighted by atomic mass is 10.1. The minimum atomic E-state index is -3.26. The Bertz CT molecular complexity index is 522. The van der Waals surface area contributed by atoms with Crippen molar-refractivity contribution in [3.8, 4) is 0 Å². The maximum atomic E-state index is 13.2. The number of pyridine rings is 1. The molecule has 0 saturated carbocycles. The molecule has 1 amide bonds. The lowest BCUT2D eigenvalue weighted by Crippen LogP contribution is -2.42. The summed E-state index contributed by atoms with van der Waals surface area (Å²) < 4.78 is 26.4. The van der Waals surface area contributed by atoms with E-state index in [0.29, 0.717) is 6.54 Å². The van der Waals surface area contributed by atoms with Gasteiger partial charge in [-0.05, 0) is 37.9 Å². The first-order chi connectivity index (χ1) is 10.4. The predicted octanol–water partition coefficient (Wildman–Crippen LogP) is 2.37. The zero-order valence-electron chi connectivity index (χ0n) is 13.1. The van der Waals surface area contributed by atoms with Crippen LogP contribution in [0.5, 0.6) is 0 Å². The highest BCUT2D eigenvalue weighted by molar-refractivity contribution is 5.83. The fraction of sp³-hybridized carbons (Fsp3) is 0.625. The van der Waals surface area contributed by atoms with E-state index < -0.39 is 18.3 Å². The third-order valence-corrected chi connectivity index (χ3v) is 4.03. The second-order valence-electron chi connectivity index (χ2n) is 5.93. The Balaban J connectivity index is 1.77. The molecule has 1 atom stereocenters. The van der Waals surface area contributed by atoms with Gasteiger partial charge in [-0.15, -0.1) is 0 Å². The van der Waals surface area contributed by atoms with Gasteiger partial charge >= 0.3 is 5.92 Å². The van der Waals surface area contributed by atoms with Gasteiger partial charge in [0.1, 0.15) is 0 Å². The van der Waals surface area contributed by atoms with Crippen molar-refractivity contribution in [2.24, 2.45) is 5.92 Å². The Morgan fingerprint density at radius 3 is 2.95 bits per heavy atom. The number of alkyl halides is 2. The highest BCUT2D eigenvalue weighted by Gasteiger charge is 2.36. The lowest BCUT2D eigenvalue weighted by Gasteiger charge is -2.18. The van der Waals surface area contributed by atoms with Gasteiger partial charge in [-0.1, -0.05) is 13.0 Å². The maximum absolute atomic E-state index is 13.2. The first-order valence-electron chi connectivity index (χ1n) is 7.71. The topological polar surface area (TPSA) is 45.2 Å². The first-order valence-corrected chi connectivity index (χ1v) is 7.71. The molecular weight excluding hydrogens is 288 g/mol. The van der Waals surface area contributed by atoms with E-state index in [2.05, 4.69) is 15.2 Å². The van der Waals surface area contributed by atoms with Gasteiger partial charge in [0.2, 0.25) is 0 Å². The largest absolute Gasteiger partial charge is 0.351 e. The number of likely N-dealkylation sites (tertiary alicyclic amines) is 1. The molecule has 1 aromatic heterocycles. The summed E-state index contributed by atoms with van der Waals surface area (Å²) in [5.41, 5.74) is 2.00. The van der Waals surface area contributed by atoms with Crippen LogP contribution in [0.4, 0.5) is 8.78 Å². The summed E-state index contributed by atoms with van der Waals surface area (Å²) in [7, 11) is 0. The van der Waals surface area contributed by atoms with Gasteiger partial charge in [0.05, 0.1) is 5.69 Å². The van der Waals surface area contributed by atoms with Crippen LogP contribution in [0, 0.1) is 12.8 Å². The van der Waals surface area contributed by atoms with Crippen LogP contribution in [0.2, 0.25) is 0 Å². The summed E-state index contributed by atoms with van der Waals surface area (Å²) in [4.78, 5) is 18.1. The van der Waals surface area contributed by atoms with Crippen LogP contribution in [-0.4, -0.2) is 41.3 Å². The molecule has 22 heavy (non-hydrogen) atoms. The molecule has 122 valence electrons. The Hall–Kier alpha value is -1.56. The van der Waals surface area contributed by atoms with E-state index >= 15 is 0 Å². The summed E-state index contributed by atoms with van der Waals surface area (Å²) in [6.07, 6.45) is 0.443. The fourth-order valence-electron chi connectivity index (χ4n) is 2.67. The molecule has 4 nitrogen and oxygen atoms in total. The molecule has 2 rings (SSSR count). The first kappa shape index (κ1) is 16.8. The zero-order chi connectivity index (χ0) is 16.2. The number of carbonyl (C=O) groups is 1. The van der Waals surface area contributed by atoms with E-state index in [1.54, 1.807) is 0 Å². The maximum Gasteiger partial charge on any atom is 0.324 e. The molecule has 0 bridgehead atoms. The standard InChI is InChI=1S/C16H23F2N3O/c1-3-16(17,18)15(22)19-9-13-7-8-21(10-13)11-14-6-4-5-12(2)20-14/h4-6,13H,3,7-11H2,1-2H3,(H,19,22)/t13-/m0/s1. The van der Waals surface area contributed by atoms with Gasteiger partial charge in [0.25, 0.3) is 5.91 Å². The van der Waals surface area contributed by atoms with Crippen LogP contribution in [0.25, 0.3) is 0 Å². The van der Waals surface area contributed by atoms with E-state index in [-0.39, 0.29) is 5.92 Å². The molecule has 0 aromatic carbocycles. The Morgan fingerprint density at radius 1 is 1.50 bits per heavy atom. The number of nitrogens with zero attached hydrogens (tertiary/aromatic N) is 2. The number of hydrogen-bond donors (Lipinski definition) is 1. The van der Waals surface area contributed by atoms with Gasteiger partial charge in [-0.3, -0.25) is 14.7 Å². The minimum absolute atomic E-state index is 0.224. The van der Waals surface area contributed by atoms with Crippen LogP contribution in [0.15, 0.2) is 18.2 Å². The second-order valence-corrected chi connectivity index (χ2v) is 5.93. The second kappa shape index (κ2) is 7.13. The van der Waals surface area contributed by atoms with Crippen molar-refractivity contribution >= 4 is 5.91 Å². The Kier molecular flexibility index (Phi) is 5.45. The average molecular weight is 311 g/mol. The molecule has 2 heterocycles. The van der Waals surface area contributed by atoms with E-state index in [9.17, 15) is 13.6 Å². The van der Waals surface area contributed by atoms with E-state index in [4.69, 9.17) is 0 Å². The number of nitrogens with one attached hydrogen (secondary N) is 1. The van der Waals surface area contributed by atoms with Gasteiger partial charge in [0.15, 0.2) is 0 Å². The SMILES string of the molecule is CCC(F)(F)C(=O)NC[C@@H]1CCN(Cc2cccc(C)n2)C1. The molecule has 1 N–H and O–H groups in total. The van der Waals surface area contributed by atoms with Crippen LogP contribution in [0.3, 0.4) is 0 Å². The molecule has 1 aromatic rings. The van der Waals surface area contributed by atoms with Crippen molar-refractivity contribution in [3.63, 3.8) is 0 Å². The Labute approximate surface area is 129 Å². The summed E-state index contributed by atoms with van der Waals surface area (Å²) >= 11 is 0. The van der Waals surface area contributed by atoms with Gasteiger partial charge in [-0.25, -0.2) is 0 Å². The van der Waals surface area contributed by atoms with Crippen LogP contribution in [0.1, 0.15) is 31.2 Å². The van der Waals surface area contributed by atoms with Crippen molar-refractivity contribution in [1.29, 1.82) is 0 Å². The molecule has 6 heteroatoms. The Morgan fingerprint density at radius 2 is 2.27 bits per heavy atom. The van der Waals surface area contributed by atoms with Gasteiger partial charge in [-0.2, -0.15) is 8.78 Å².